The molecule has 1 aromatic heterocycles. The van der Waals surface area contributed by atoms with Crippen LogP contribution in [-0.4, -0.2) is 28.4 Å². The van der Waals surface area contributed by atoms with E-state index in [-0.39, 0.29) is 11.3 Å². The van der Waals surface area contributed by atoms with Gasteiger partial charge in [-0.1, -0.05) is 6.07 Å². The zero-order chi connectivity index (χ0) is 22.2. The Morgan fingerprint density at radius 3 is 2.69 bits per heavy atom. The number of carbonyl (C=O) groups is 2. The van der Waals surface area contributed by atoms with Crippen molar-refractivity contribution in [2.75, 3.05) is 11.5 Å². The average molecular weight is 430 g/mol. The summed E-state index contributed by atoms with van der Waals surface area (Å²) in [6, 6.07) is 13.0. The number of nitrogens with zero attached hydrogens (tertiary/aromatic N) is 2. The van der Waals surface area contributed by atoms with Gasteiger partial charge in [-0.25, -0.2) is 4.39 Å². The van der Waals surface area contributed by atoms with Crippen molar-refractivity contribution in [2.45, 2.75) is 18.9 Å². The van der Waals surface area contributed by atoms with Crippen molar-refractivity contribution in [1.29, 1.82) is 0 Å². The number of ether oxygens (including phenoxy) is 1. The van der Waals surface area contributed by atoms with Gasteiger partial charge in [-0.3, -0.25) is 19.5 Å². The van der Waals surface area contributed by atoms with Crippen molar-refractivity contribution < 1.29 is 23.8 Å². The number of Topliss-reactive ketones (excluding diaryl/α,β-unsaturated/α-hetero) is 1. The zero-order valence-electron chi connectivity index (χ0n) is 17.0. The van der Waals surface area contributed by atoms with E-state index in [1.165, 1.54) is 29.2 Å². The lowest BCUT2D eigenvalue weighted by molar-refractivity contribution is -0.132. The third kappa shape index (κ3) is 3.32. The minimum absolute atomic E-state index is 0.0380. The molecule has 5 rings (SSSR count). The Hall–Kier alpha value is -4.00. The molecule has 1 fully saturated rings. The standard InChI is InChI=1S/C25H19FN2O4/c26-18-6-8-19(9-7-18)28-22(17-3-1-11-27-14-17)21(24(30)25(28)31)23(29)16-5-10-20-15(13-16)4-2-12-32-20/h1,3,5-11,13-14,22,29H,2,4,12H2/b23-21-. The number of benzene rings is 2. The monoisotopic (exact) mass is 430 g/mol. The number of aromatic nitrogens is 1. The summed E-state index contributed by atoms with van der Waals surface area (Å²) in [5, 5.41) is 11.2. The highest BCUT2D eigenvalue weighted by molar-refractivity contribution is 6.51. The van der Waals surface area contributed by atoms with Gasteiger partial charge in [0.1, 0.15) is 17.3 Å². The van der Waals surface area contributed by atoms with Crippen molar-refractivity contribution in [3.05, 3.63) is 95.1 Å². The van der Waals surface area contributed by atoms with Gasteiger partial charge in [0.15, 0.2) is 0 Å². The van der Waals surface area contributed by atoms with Gasteiger partial charge < -0.3 is 9.84 Å². The summed E-state index contributed by atoms with van der Waals surface area (Å²) in [6.07, 6.45) is 4.78. The van der Waals surface area contributed by atoms with Crippen molar-refractivity contribution in [2.24, 2.45) is 0 Å². The van der Waals surface area contributed by atoms with Gasteiger partial charge in [0.05, 0.1) is 18.2 Å². The van der Waals surface area contributed by atoms with Gasteiger partial charge in [0, 0.05) is 23.6 Å². The second-order valence-corrected chi connectivity index (χ2v) is 7.71. The number of amides is 1. The van der Waals surface area contributed by atoms with E-state index in [9.17, 15) is 19.1 Å². The van der Waals surface area contributed by atoms with Crippen LogP contribution in [0.25, 0.3) is 5.76 Å². The van der Waals surface area contributed by atoms with Gasteiger partial charge in [-0.15, -0.1) is 0 Å². The predicted molar refractivity (Wildman–Crippen MR) is 116 cm³/mol. The van der Waals surface area contributed by atoms with Crippen LogP contribution in [0.5, 0.6) is 5.75 Å². The number of aryl methyl sites for hydroxylation is 1. The second kappa shape index (κ2) is 7.92. The average Bonchev–Trinajstić information content (AvgIpc) is 3.10. The van der Waals surface area contributed by atoms with Crippen LogP contribution in [0.2, 0.25) is 0 Å². The minimum atomic E-state index is -0.901. The smallest absolute Gasteiger partial charge is 0.300 e. The fourth-order valence-corrected chi connectivity index (χ4v) is 4.22. The summed E-state index contributed by atoms with van der Waals surface area (Å²) in [6.45, 7) is 0.641. The van der Waals surface area contributed by atoms with Gasteiger partial charge in [-0.2, -0.15) is 0 Å². The van der Waals surface area contributed by atoms with Crippen LogP contribution in [0.3, 0.4) is 0 Å². The first-order valence-electron chi connectivity index (χ1n) is 10.3. The molecule has 160 valence electrons. The molecular weight excluding hydrogens is 411 g/mol. The quantitative estimate of drug-likeness (QED) is 0.383. The molecule has 0 radical (unpaired) electrons. The Labute approximate surface area is 183 Å². The van der Waals surface area contributed by atoms with Gasteiger partial charge in [0.25, 0.3) is 11.7 Å². The van der Waals surface area contributed by atoms with E-state index in [2.05, 4.69) is 4.98 Å². The van der Waals surface area contributed by atoms with Crippen LogP contribution in [0.1, 0.15) is 29.2 Å². The number of fused-ring (bicyclic) bond motifs is 1. The molecule has 3 aromatic rings. The molecule has 0 bridgehead atoms. The largest absolute Gasteiger partial charge is 0.507 e. The highest BCUT2D eigenvalue weighted by atomic mass is 19.1. The van der Waals surface area contributed by atoms with E-state index in [0.717, 1.165) is 24.2 Å². The number of aliphatic hydroxyl groups excluding tert-OH is 1. The molecule has 32 heavy (non-hydrogen) atoms. The molecular formula is C25H19FN2O4. The number of aliphatic hydroxyl groups is 1. The van der Waals surface area contributed by atoms with Crippen molar-refractivity contribution in [3.8, 4) is 5.75 Å². The van der Waals surface area contributed by atoms with E-state index in [1.54, 1.807) is 42.7 Å². The number of ketones is 1. The molecule has 1 amide bonds. The number of anilines is 1. The van der Waals surface area contributed by atoms with Crippen LogP contribution < -0.4 is 9.64 Å². The molecule has 1 saturated heterocycles. The number of pyridine rings is 1. The van der Waals surface area contributed by atoms with E-state index >= 15 is 0 Å². The minimum Gasteiger partial charge on any atom is -0.507 e. The second-order valence-electron chi connectivity index (χ2n) is 7.71. The van der Waals surface area contributed by atoms with E-state index in [4.69, 9.17) is 4.74 Å². The summed E-state index contributed by atoms with van der Waals surface area (Å²) >= 11 is 0. The topological polar surface area (TPSA) is 79.7 Å². The zero-order valence-corrected chi connectivity index (χ0v) is 17.0. The third-order valence-corrected chi connectivity index (χ3v) is 5.73. The van der Waals surface area contributed by atoms with Crippen molar-refractivity contribution in [3.63, 3.8) is 0 Å². The maximum Gasteiger partial charge on any atom is 0.300 e. The Morgan fingerprint density at radius 1 is 1.12 bits per heavy atom. The molecule has 1 unspecified atom stereocenters. The summed E-state index contributed by atoms with van der Waals surface area (Å²) in [4.78, 5) is 31.6. The summed E-state index contributed by atoms with van der Waals surface area (Å²) < 4.78 is 19.1. The van der Waals surface area contributed by atoms with Gasteiger partial charge >= 0.3 is 0 Å². The number of carbonyl (C=O) groups excluding carboxylic acids is 2. The first kappa shape index (κ1) is 19.9. The van der Waals surface area contributed by atoms with Crippen LogP contribution >= 0.6 is 0 Å². The Morgan fingerprint density at radius 2 is 1.94 bits per heavy atom. The first-order valence-corrected chi connectivity index (χ1v) is 10.3. The van der Waals surface area contributed by atoms with E-state index in [0.29, 0.717) is 23.4 Å². The summed E-state index contributed by atoms with van der Waals surface area (Å²) in [7, 11) is 0. The third-order valence-electron chi connectivity index (χ3n) is 5.73. The van der Waals surface area contributed by atoms with Crippen molar-refractivity contribution >= 4 is 23.1 Å². The van der Waals surface area contributed by atoms with Crippen LogP contribution in [0, 0.1) is 5.82 Å². The maximum absolute atomic E-state index is 13.5. The molecule has 7 heteroatoms. The fraction of sp³-hybridized carbons (Fsp3) is 0.160. The first-order chi connectivity index (χ1) is 15.5. The summed E-state index contributed by atoms with van der Waals surface area (Å²) in [5.41, 5.74) is 2.23. The number of halogens is 1. The molecule has 2 aromatic carbocycles. The maximum atomic E-state index is 13.5. The van der Waals surface area contributed by atoms with Crippen LogP contribution in [0.4, 0.5) is 10.1 Å². The number of rotatable bonds is 3. The van der Waals surface area contributed by atoms with Crippen LogP contribution in [0.15, 0.2) is 72.6 Å². The lowest BCUT2D eigenvalue weighted by Gasteiger charge is -2.25. The SMILES string of the molecule is O=C1C(=O)N(c2ccc(F)cc2)C(c2cccnc2)/C1=C(/O)c1ccc2c(c1)CCCO2. The normalized spacial score (nSPS) is 19.5. The molecule has 0 spiro atoms. The summed E-state index contributed by atoms with van der Waals surface area (Å²) in [5.74, 6) is -1.58. The highest BCUT2D eigenvalue weighted by Gasteiger charge is 2.47. The molecule has 0 aliphatic carbocycles. The molecule has 0 saturated carbocycles. The number of hydrogen-bond donors (Lipinski definition) is 1. The Kier molecular flexibility index (Phi) is 4.93. The van der Waals surface area contributed by atoms with Gasteiger partial charge in [0.2, 0.25) is 0 Å². The van der Waals surface area contributed by atoms with Crippen molar-refractivity contribution in [1.82, 2.24) is 4.98 Å². The van der Waals surface area contributed by atoms with E-state index in [1.807, 2.05) is 0 Å². The molecule has 2 aliphatic rings. The van der Waals surface area contributed by atoms with Crippen LogP contribution in [-0.2, 0) is 16.0 Å². The highest BCUT2D eigenvalue weighted by Crippen LogP contribution is 2.42. The lowest BCUT2D eigenvalue weighted by Crippen LogP contribution is -2.29. The fourth-order valence-electron chi connectivity index (χ4n) is 4.22. The number of hydrogen-bond acceptors (Lipinski definition) is 5. The molecule has 2 aliphatic heterocycles. The molecule has 1 atom stereocenters. The lowest BCUT2D eigenvalue weighted by atomic mass is 9.94. The molecule has 6 nitrogen and oxygen atoms in total. The Bertz CT molecular complexity index is 1240. The molecule has 1 N–H and O–H groups in total. The van der Waals surface area contributed by atoms with E-state index < -0.39 is 23.5 Å². The Balaban J connectivity index is 1.68. The molecule has 3 heterocycles. The van der Waals surface area contributed by atoms with Gasteiger partial charge in [-0.05, 0) is 72.5 Å². The predicted octanol–water partition coefficient (Wildman–Crippen LogP) is 4.17.